The van der Waals surface area contributed by atoms with Gasteiger partial charge in [0.1, 0.15) is 0 Å². The predicted molar refractivity (Wildman–Crippen MR) is 82.3 cm³/mol. The summed E-state index contributed by atoms with van der Waals surface area (Å²) >= 11 is 0. The highest BCUT2D eigenvalue weighted by atomic mass is 32.2. The first-order valence-corrected chi connectivity index (χ1v) is 8.55. The van der Waals surface area contributed by atoms with Crippen LogP contribution in [-0.2, 0) is 10.0 Å². The van der Waals surface area contributed by atoms with Gasteiger partial charge in [-0.15, -0.1) is 0 Å². The van der Waals surface area contributed by atoms with Crippen LogP contribution in [0, 0.1) is 20.8 Å². The molecule has 4 nitrogen and oxygen atoms in total. The number of rotatable bonds is 3. The monoisotopic (exact) mass is 296 g/mol. The Kier molecular flexibility index (Phi) is 4.12. The Morgan fingerprint density at radius 1 is 1.15 bits per heavy atom. The standard InChI is InChI=1S/C15H24N2O2S/c1-10-9-14(16)12(3)15(11(10)2)20(18,19)17(4)13-7-5-6-8-13/h9,13H,5-8,16H2,1-4H3. The summed E-state index contributed by atoms with van der Waals surface area (Å²) in [4.78, 5) is 0.393. The summed E-state index contributed by atoms with van der Waals surface area (Å²) in [6.07, 6.45) is 4.13. The summed E-state index contributed by atoms with van der Waals surface area (Å²) < 4.78 is 27.4. The molecular formula is C15H24N2O2S. The zero-order valence-electron chi connectivity index (χ0n) is 12.7. The number of sulfonamides is 1. The van der Waals surface area contributed by atoms with Crippen LogP contribution >= 0.6 is 0 Å². The SMILES string of the molecule is Cc1cc(N)c(C)c(S(=O)(=O)N(C)C2CCCC2)c1C. The lowest BCUT2D eigenvalue weighted by atomic mass is 10.1. The normalized spacial score (nSPS) is 17.1. The van der Waals surface area contributed by atoms with Crippen molar-refractivity contribution in [2.75, 3.05) is 12.8 Å². The van der Waals surface area contributed by atoms with Crippen LogP contribution in [0.4, 0.5) is 5.69 Å². The van der Waals surface area contributed by atoms with E-state index in [1.807, 2.05) is 19.9 Å². The molecule has 0 radical (unpaired) electrons. The van der Waals surface area contributed by atoms with E-state index in [-0.39, 0.29) is 6.04 Å². The van der Waals surface area contributed by atoms with Gasteiger partial charge >= 0.3 is 0 Å². The van der Waals surface area contributed by atoms with Crippen LogP contribution in [-0.4, -0.2) is 25.8 Å². The summed E-state index contributed by atoms with van der Waals surface area (Å²) in [5.41, 5.74) is 8.90. The number of hydrogen-bond donors (Lipinski definition) is 1. The Bertz CT molecular complexity index is 591. The highest BCUT2D eigenvalue weighted by Crippen LogP contribution is 2.33. The summed E-state index contributed by atoms with van der Waals surface area (Å²) in [5, 5.41) is 0. The van der Waals surface area contributed by atoms with Gasteiger partial charge in [-0.25, -0.2) is 8.42 Å². The van der Waals surface area contributed by atoms with E-state index in [4.69, 9.17) is 5.73 Å². The number of benzene rings is 1. The van der Waals surface area contributed by atoms with E-state index in [9.17, 15) is 8.42 Å². The molecular weight excluding hydrogens is 272 g/mol. The van der Waals surface area contributed by atoms with E-state index < -0.39 is 10.0 Å². The molecule has 112 valence electrons. The maximum Gasteiger partial charge on any atom is 0.243 e. The van der Waals surface area contributed by atoms with E-state index >= 15 is 0 Å². The zero-order valence-corrected chi connectivity index (χ0v) is 13.5. The van der Waals surface area contributed by atoms with Crippen molar-refractivity contribution in [3.8, 4) is 0 Å². The van der Waals surface area contributed by atoms with Gasteiger partial charge in [-0.3, -0.25) is 0 Å². The molecule has 1 saturated carbocycles. The molecule has 1 aliphatic carbocycles. The quantitative estimate of drug-likeness (QED) is 0.872. The Hall–Kier alpha value is -1.07. The van der Waals surface area contributed by atoms with Crippen LogP contribution in [0.15, 0.2) is 11.0 Å². The van der Waals surface area contributed by atoms with Crippen molar-refractivity contribution in [1.82, 2.24) is 4.31 Å². The lowest BCUT2D eigenvalue weighted by Crippen LogP contribution is -2.36. The molecule has 0 heterocycles. The van der Waals surface area contributed by atoms with Crippen LogP contribution in [0.25, 0.3) is 0 Å². The minimum absolute atomic E-state index is 0.125. The van der Waals surface area contributed by atoms with E-state index in [2.05, 4.69) is 0 Å². The molecule has 1 aromatic rings. The van der Waals surface area contributed by atoms with Gasteiger partial charge in [-0.1, -0.05) is 12.8 Å². The van der Waals surface area contributed by atoms with Gasteiger partial charge in [0.25, 0.3) is 0 Å². The third-order valence-corrected chi connectivity index (χ3v) is 6.74. The Labute approximate surface area is 122 Å². The summed E-state index contributed by atoms with van der Waals surface area (Å²) in [7, 11) is -1.78. The van der Waals surface area contributed by atoms with E-state index in [0.717, 1.165) is 36.8 Å². The van der Waals surface area contributed by atoms with Crippen LogP contribution in [0.2, 0.25) is 0 Å². The van der Waals surface area contributed by atoms with Crippen molar-refractivity contribution in [2.45, 2.75) is 57.4 Å². The van der Waals surface area contributed by atoms with Gasteiger partial charge in [-0.2, -0.15) is 4.31 Å². The second-order valence-corrected chi connectivity index (χ2v) is 7.76. The third kappa shape index (κ3) is 2.44. The number of hydrogen-bond acceptors (Lipinski definition) is 3. The van der Waals surface area contributed by atoms with Crippen molar-refractivity contribution in [3.63, 3.8) is 0 Å². The molecule has 0 spiro atoms. The molecule has 5 heteroatoms. The minimum Gasteiger partial charge on any atom is -0.398 e. The Morgan fingerprint density at radius 3 is 2.25 bits per heavy atom. The fraction of sp³-hybridized carbons (Fsp3) is 0.600. The van der Waals surface area contributed by atoms with Crippen molar-refractivity contribution >= 4 is 15.7 Å². The molecule has 0 amide bonds. The predicted octanol–water partition coefficient (Wildman–Crippen LogP) is 2.76. The highest BCUT2D eigenvalue weighted by molar-refractivity contribution is 7.89. The number of nitrogens with zero attached hydrogens (tertiary/aromatic N) is 1. The van der Waals surface area contributed by atoms with Crippen LogP contribution < -0.4 is 5.73 Å². The van der Waals surface area contributed by atoms with E-state index in [1.54, 1.807) is 18.3 Å². The van der Waals surface area contributed by atoms with Crippen molar-refractivity contribution in [3.05, 3.63) is 22.8 Å². The lowest BCUT2D eigenvalue weighted by Gasteiger charge is -2.26. The average Bonchev–Trinajstić information content (AvgIpc) is 2.89. The molecule has 1 aliphatic rings. The summed E-state index contributed by atoms with van der Waals surface area (Å²) in [6.45, 7) is 5.55. The molecule has 1 fully saturated rings. The van der Waals surface area contributed by atoms with Gasteiger partial charge in [0.15, 0.2) is 0 Å². The first-order valence-electron chi connectivity index (χ1n) is 7.11. The van der Waals surface area contributed by atoms with Gasteiger partial charge in [0, 0.05) is 18.8 Å². The van der Waals surface area contributed by atoms with Crippen molar-refractivity contribution in [2.24, 2.45) is 0 Å². The molecule has 0 unspecified atom stereocenters. The zero-order chi connectivity index (χ0) is 15.1. The topological polar surface area (TPSA) is 63.4 Å². The van der Waals surface area contributed by atoms with E-state index in [1.165, 1.54) is 0 Å². The number of anilines is 1. The molecule has 1 aromatic carbocycles. The number of nitrogens with two attached hydrogens (primary N) is 1. The van der Waals surface area contributed by atoms with Crippen LogP contribution in [0.3, 0.4) is 0 Å². The van der Waals surface area contributed by atoms with Gasteiger partial charge in [-0.05, 0) is 56.4 Å². The Morgan fingerprint density at radius 2 is 1.70 bits per heavy atom. The fourth-order valence-electron chi connectivity index (χ4n) is 3.04. The second kappa shape index (κ2) is 5.37. The van der Waals surface area contributed by atoms with E-state index in [0.29, 0.717) is 16.1 Å². The maximum absolute atomic E-state index is 12.9. The van der Waals surface area contributed by atoms with Crippen molar-refractivity contribution in [1.29, 1.82) is 0 Å². The average molecular weight is 296 g/mol. The Balaban J connectivity index is 2.54. The molecule has 0 atom stereocenters. The maximum atomic E-state index is 12.9. The smallest absolute Gasteiger partial charge is 0.243 e. The number of nitrogen functional groups attached to an aromatic ring is 1. The molecule has 0 bridgehead atoms. The largest absolute Gasteiger partial charge is 0.398 e. The highest BCUT2D eigenvalue weighted by Gasteiger charge is 2.32. The van der Waals surface area contributed by atoms with Crippen molar-refractivity contribution < 1.29 is 8.42 Å². The molecule has 2 rings (SSSR count). The molecule has 0 saturated heterocycles. The first-order chi connectivity index (χ1) is 9.26. The second-order valence-electron chi connectivity index (χ2n) is 5.82. The third-order valence-electron chi connectivity index (χ3n) is 4.55. The molecule has 0 aromatic heterocycles. The van der Waals surface area contributed by atoms with Gasteiger partial charge in [0.2, 0.25) is 10.0 Å². The van der Waals surface area contributed by atoms with Gasteiger partial charge < -0.3 is 5.73 Å². The molecule has 20 heavy (non-hydrogen) atoms. The molecule has 2 N–H and O–H groups in total. The summed E-state index contributed by atoms with van der Waals surface area (Å²) in [6, 6.07) is 1.97. The van der Waals surface area contributed by atoms with Crippen LogP contribution in [0.5, 0.6) is 0 Å². The number of aryl methyl sites for hydroxylation is 1. The lowest BCUT2D eigenvalue weighted by molar-refractivity contribution is 0.372. The van der Waals surface area contributed by atoms with Crippen LogP contribution in [0.1, 0.15) is 42.4 Å². The summed E-state index contributed by atoms with van der Waals surface area (Å²) in [5.74, 6) is 0. The van der Waals surface area contributed by atoms with Gasteiger partial charge in [0.05, 0.1) is 4.90 Å². The minimum atomic E-state index is -3.48. The first kappa shape index (κ1) is 15.3. The fourth-order valence-corrected chi connectivity index (χ4v) is 4.98. The molecule has 0 aliphatic heterocycles.